The van der Waals surface area contributed by atoms with Crippen molar-refractivity contribution in [2.75, 3.05) is 5.32 Å². The van der Waals surface area contributed by atoms with Crippen LogP contribution in [0.2, 0.25) is 0 Å². The van der Waals surface area contributed by atoms with E-state index >= 15 is 0 Å². The van der Waals surface area contributed by atoms with Crippen LogP contribution < -0.4 is 5.32 Å². The lowest BCUT2D eigenvalue weighted by Crippen LogP contribution is -2.04. The molecule has 0 fully saturated rings. The molecule has 3 aromatic carbocycles. The molecule has 5 aromatic rings. The van der Waals surface area contributed by atoms with Crippen molar-refractivity contribution in [2.45, 2.75) is 6.54 Å². The topological polar surface area (TPSA) is 55.6 Å². The first kappa shape index (κ1) is 19.6. The highest BCUT2D eigenvalue weighted by Crippen LogP contribution is 2.29. The van der Waals surface area contributed by atoms with Crippen LogP contribution >= 0.6 is 0 Å². The highest BCUT2D eigenvalue weighted by atomic mass is 19.1. The van der Waals surface area contributed by atoms with E-state index in [-0.39, 0.29) is 5.82 Å². The molecular weight excluding hydrogens is 401 g/mol. The van der Waals surface area contributed by atoms with Gasteiger partial charge in [0, 0.05) is 18.0 Å². The van der Waals surface area contributed by atoms with Crippen LogP contribution in [0.25, 0.3) is 28.1 Å². The molecule has 0 aliphatic rings. The summed E-state index contributed by atoms with van der Waals surface area (Å²) in [6.07, 6.45) is 3.45. The van der Waals surface area contributed by atoms with Crippen molar-refractivity contribution >= 4 is 5.69 Å². The minimum absolute atomic E-state index is 0.320. The molecule has 2 aromatic heterocycles. The molecule has 2 heterocycles. The van der Waals surface area contributed by atoms with Gasteiger partial charge in [-0.05, 0) is 47.5 Å². The van der Waals surface area contributed by atoms with Gasteiger partial charge in [-0.25, -0.2) is 9.07 Å². The van der Waals surface area contributed by atoms with Crippen molar-refractivity contribution < 1.29 is 4.39 Å². The molecule has 0 atom stereocenters. The van der Waals surface area contributed by atoms with Gasteiger partial charge in [0.15, 0.2) is 0 Å². The molecule has 0 amide bonds. The van der Waals surface area contributed by atoms with Gasteiger partial charge in [0.2, 0.25) is 0 Å². The van der Waals surface area contributed by atoms with E-state index in [0.29, 0.717) is 23.5 Å². The van der Waals surface area contributed by atoms with Crippen molar-refractivity contribution in [1.29, 1.82) is 0 Å². The Bertz CT molecular complexity index is 1320. The minimum atomic E-state index is -0.320. The standard InChI is InChI=1S/C26H20FN5/c27-24-11-5-4-10-23(24)26-25(18-29-21-9-6-16-28-17-21)30-31-32(26)22-14-12-20(13-15-22)19-7-2-1-3-8-19/h1-17,29H,18H2. The van der Waals surface area contributed by atoms with Crippen LogP contribution in [0.3, 0.4) is 0 Å². The van der Waals surface area contributed by atoms with E-state index in [9.17, 15) is 4.39 Å². The minimum Gasteiger partial charge on any atom is -0.378 e. The predicted octanol–water partition coefficient (Wildman–Crippen LogP) is 5.75. The highest BCUT2D eigenvalue weighted by Gasteiger charge is 2.19. The fraction of sp³-hybridized carbons (Fsp3) is 0.0385. The van der Waals surface area contributed by atoms with Gasteiger partial charge >= 0.3 is 0 Å². The summed E-state index contributed by atoms with van der Waals surface area (Å²) in [4.78, 5) is 4.11. The summed E-state index contributed by atoms with van der Waals surface area (Å²) >= 11 is 0. The summed E-state index contributed by atoms with van der Waals surface area (Å²) in [6, 6.07) is 28.6. The number of rotatable bonds is 6. The lowest BCUT2D eigenvalue weighted by Gasteiger charge is -2.11. The second-order valence-corrected chi connectivity index (χ2v) is 7.28. The van der Waals surface area contributed by atoms with E-state index in [1.165, 1.54) is 6.07 Å². The Kier molecular flexibility index (Phi) is 5.41. The number of pyridine rings is 1. The number of halogens is 1. The summed E-state index contributed by atoms with van der Waals surface area (Å²) in [5.41, 5.74) is 5.61. The maximum Gasteiger partial charge on any atom is 0.132 e. The van der Waals surface area contributed by atoms with Gasteiger partial charge < -0.3 is 5.32 Å². The van der Waals surface area contributed by atoms with Gasteiger partial charge in [-0.1, -0.05) is 59.8 Å². The van der Waals surface area contributed by atoms with Crippen molar-refractivity contribution in [2.24, 2.45) is 0 Å². The molecule has 32 heavy (non-hydrogen) atoms. The maximum absolute atomic E-state index is 14.8. The first-order valence-electron chi connectivity index (χ1n) is 10.3. The van der Waals surface area contributed by atoms with Gasteiger partial charge in [-0.15, -0.1) is 5.10 Å². The van der Waals surface area contributed by atoms with Crippen LogP contribution in [0, 0.1) is 5.82 Å². The Morgan fingerprint density at radius 1 is 0.781 bits per heavy atom. The zero-order valence-corrected chi connectivity index (χ0v) is 17.2. The average molecular weight is 421 g/mol. The van der Waals surface area contributed by atoms with E-state index in [1.807, 2.05) is 60.7 Å². The van der Waals surface area contributed by atoms with Crippen LogP contribution in [0.15, 0.2) is 103 Å². The summed E-state index contributed by atoms with van der Waals surface area (Å²) in [5, 5.41) is 12.0. The Balaban J connectivity index is 1.53. The molecule has 0 unspecified atom stereocenters. The van der Waals surface area contributed by atoms with Crippen LogP contribution in [-0.2, 0) is 6.54 Å². The third-order valence-electron chi connectivity index (χ3n) is 5.21. The zero-order chi connectivity index (χ0) is 21.8. The number of nitrogens with one attached hydrogen (secondary N) is 1. The molecule has 6 heteroatoms. The fourth-order valence-corrected chi connectivity index (χ4v) is 3.61. The van der Waals surface area contributed by atoms with Crippen molar-refractivity contribution in [3.05, 3.63) is 115 Å². The molecule has 1 N–H and O–H groups in total. The lowest BCUT2D eigenvalue weighted by molar-refractivity contribution is 0.629. The van der Waals surface area contributed by atoms with E-state index in [1.54, 1.807) is 29.2 Å². The van der Waals surface area contributed by atoms with E-state index < -0.39 is 0 Å². The lowest BCUT2D eigenvalue weighted by atomic mass is 10.1. The van der Waals surface area contributed by atoms with Gasteiger partial charge in [0.25, 0.3) is 0 Å². The molecule has 0 saturated heterocycles. The molecular formula is C26H20FN5. The van der Waals surface area contributed by atoms with Gasteiger partial charge in [0.1, 0.15) is 17.2 Å². The van der Waals surface area contributed by atoms with Gasteiger partial charge in [-0.2, -0.15) is 0 Å². The molecule has 0 saturated carbocycles. The number of nitrogens with zero attached hydrogens (tertiary/aromatic N) is 4. The molecule has 156 valence electrons. The first-order valence-corrected chi connectivity index (χ1v) is 10.3. The van der Waals surface area contributed by atoms with Crippen LogP contribution in [0.4, 0.5) is 10.1 Å². The van der Waals surface area contributed by atoms with Gasteiger partial charge in [-0.3, -0.25) is 4.98 Å². The normalized spacial score (nSPS) is 10.8. The van der Waals surface area contributed by atoms with Crippen LogP contribution in [-0.4, -0.2) is 20.0 Å². The SMILES string of the molecule is Fc1ccccc1-c1c(CNc2cccnc2)nnn1-c1ccc(-c2ccccc2)cc1. The third-order valence-corrected chi connectivity index (χ3v) is 5.21. The molecule has 5 nitrogen and oxygen atoms in total. The maximum atomic E-state index is 14.8. The molecule has 0 aliphatic carbocycles. The Hall–Kier alpha value is -4.32. The quantitative estimate of drug-likeness (QED) is 0.379. The Labute approximate surface area is 185 Å². The van der Waals surface area contributed by atoms with Crippen LogP contribution in [0.1, 0.15) is 5.69 Å². The number of hydrogen-bond donors (Lipinski definition) is 1. The second kappa shape index (κ2) is 8.81. The summed E-state index contributed by atoms with van der Waals surface area (Å²) in [6.45, 7) is 0.386. The first-order chi connectivity index (χ1) is 15.8. The van der Waals surface area contributed by atoms with Crippen molar-refractivity contribution in [3.63, 3.8) is 0 Å². The Morgan fingerprint density at radius 2 is 1.53 bits per heavy atom. The number of aromatic nitrogens is 4. The summed E-state index contributed by atoms with van der Waals surface area (Å²) in [7, 11) is 0. The number of anilines is 1. The van der Waals surface area contributed by atoms with Crippen molar-refractivity contribution in [1.82, 2.24) is 20.0 Å². The monoisotopic (exact) mass is 421 g/mol. The number of hydrogen-bond acceptors (Lipinski definition) is 4. The zero-order valence-electron chi connectivity index (χ0n) is 17.2. The Morgan fingerprint density at radius 3 is 2.28 bits per heavy atom. The third kappa shape index (κ3) is 3.98. The summed E-state index contributed by atoms with van der Waals surface area (Å²) < 4.78 is 16.5. The predicted molar refractivity (Wildman–Crippen MR) is 124 cm³/mol. The van der Waals surface area contributed by atoms with E-state index in [4.69, 9.17) is 0 Å². The number of benzene rings is 3. The molecule has 0 aliphatic heterocycles. The van der Waals surface area contributed by atoms with Gasteiger partial charge in [0.05, 0.1) is 17.9 Å². The highest BCUT2D eigenvalue weighted by molar-refractivity contribution is 5.68. The average Bonchev–Trinajstić information content (AvgIpc) is 3.28. The van der Waals surface area contributed by atoms with Crippen molar-refractivity contribution in [3.8, 4) is 28.1 Å². The van der Waals surface area contributed by atoms with Crippen LogP contribution in [0.5, 0.6) is 0 Å². The second-order valence-electron chi connectivity index (χ2n) is 7.28. The smallest absolute Gasteiger partial charge is 0.132 e. The molecule has 0 spiro atoms. The summed E-state index contributed by atoms with van der Waals surface area (Å²) in [5.74, 6) is -0.320. The fourth-order valence-electron chi connectivity index (χ4n) is 3.61. The largest absolute Gasteiger partial charge is 0.378 e. The molecule has 0 radical (unpaired) electrons. The molecule has 0 bridgehead atoms. The molecule has 5 rings (SSSR count). The van der Waals surface area contributed by atoms with E-state index in [0.717, 1.165) is 22.5 Å². The van der Waals surface area contributed by atoms with E-state index in [2.05, 4.69) is 32.7 Å².